The molecule has 0 radical (unpaired) electrons. The van der Waals surface area contributed by atoms with Crippen molar-refractivity contribution in [2.45, 2.75) is 24.7 Å². The summed E-state index contributed by atoms with van der Waals surface area (Å²) in [4.78, 5) is 13.3. The van der Waals surface area contributed by atoms with Crippen molar-refractivity contribution in [3.63, 3.8) is 0 Å². The van der Waals surface area contributed by atoms with Gasteiger partial charge in [0, 0.05) is 20.1 Å². The molecule has 0 saturated carbocycles. The molecule has 0 saturated heterocycles. The highest BCUT2D eigenvalue weighted by molar-refractivity contribution is 7.58. The van der Waals surface area contributed by atoms with Crippen LogP contribution in [0.3, 0.4) is 0 Å². The summed E-state index contributed by atoms with van der Waals surface area (Å²) in [5.41, 5.74) is 0.784. The first kappa shape index (κ1) is 19.6. The number of carbonyl (C=O) groups excluding carboxylic acids is 1. The van der Waals surface area contributed by atoms with Crippen molar-refractivity contribution in [2.24, 2.45) is 0 Å². The van der Waals surface area contributed by atoms with Crippen molar-refractivity contribution in [3.8, 4) is 0 Å². The Hall–Kier alpha value is -2.20. The lowest BCUT2D eigenvalue weighted by Gasteiger charge is -2.41. The van der Waals surface area contributed by atoms with Crippen LogP contribution in [0.1, 0.15) is 30.4 Å². The third-order valence-corrected chi connectivity index (χ3v) is 6.90. The fourth-order valence-corrected chi connectivity index (χ4v) is 4.71. The molecule has 3 rings (SSSR count). The van der Waals surface area contributed by atoms with E-state index in [9.17, 15) is 9.36 Å². The van der Waals surface area contributed by atoms with E-state index < -0.39 is 19.0 Å². The van der Waals surface area contributed by atoms with E-state index in [0.717, 1.165) is 11.1 Å². The van der Waals surface area contributed by atoms with E-state index in [2.05, 4.69) is 0 Å². The van der Waals surface area contributed by atoms with Crippen molar-refractivity contribution in [1.29, 1.82) is 0 Å². The van der Waals surface area contributed by atoms with Crippen LogP contribution < -0.4 is 0 Å². The molecule has 0 fully saturated rings. The lowest BCUT2D eigenvalue weighted by atomic mass is 9.65. The number of carbonyl (C=O) groups is 1. The Morgan fingerprint density at radius 1 is 1.00 bits per heavy atom. The van der Waals surface area contributed by atoms with Gasteiger partial charge in [0.1, 0.15) is 5.41 Å². The van der Waals surface area contributed by atoms with Crippen molar-refractivity contribution in [1.82, 2.24) is 0 Å². The number of benzene rings is 2. The Morgan fingerprint density at radius 2 is 1.56 bits per heavy atom. The van der Waals surface area contributed by atoms with Gasteiger partial charge in [0.25, 0.3) is 0 Å². The van der Waals surface area contributed by atoms with Crippen LogP contribution in [-0.4, -0.2) is 20.2 Å². The van der Waals surface area contributed by atoms with E-state index in [4.69, 9.17) is 13.8 Å². The maximum absolute atomic E-state index is 13.3. The van der Waals surface area contributed by atoms with Gasteiger partial charge in [-0.2, -0.15) is 0 Å². The molecule has 0 N–H and O–H groups in total. The zero-order valence-corrected chi connectivity index (χ0v) is 16.5. The van der Waals surface area contributed by atoms with Crippen LogP contribution in [0, 0.1) is 0 Å². The van der Waals surface area contributed by atoms with Crippen LogP contribution in [0.2, 0.25) is 0 Å². The second kappa shape index (κ2) is 7.81. The number of allylic oxidation sites excluding steroid dienone is 1. The third kappa shape index (κ3) is 3.27. The maximum atomic E-state index is 13.3. The molecule has 27 heavy (non-hydrogen) atoms. The van der Waals surface area contributed by atoms with E-state index >= 15 is 0 Å². The molecular formula is C21H23O5P. The van der Waals surface area contributed by atoms with Gasteiger partial charge in [0.15, 0.2) is 0 Å². The molecule has 0 unspecified atom stereocenters. The van der Waals surface area contributed by atoms with Gasteiger partial charge in [-0.05, 0) is 23.6 Å². The van der Waals surface area contributed by atoms with Crippen LogP contribution in [0.15, 0.2) is 72.2 Å². The predicted molar refractivity (Wildman–Crippen MR) is 103 cm³/mol. The highest BCUT2D eigenvalue weighted by Gasteiger charge is 2.52. The second-order valence-corrected chi connectivity index (χ2v) is 8.50. The SMILES string of the molecule is CC[C@@]1(c2ccccc2)C(=O)OC(P(=O)(OC)OC)=C[C@@H]1c1ccccc1. The first-order valence-electron chi connectivity index (χ1n) is 8.78. The maximum Gasteiger partial charge on any atom is 0.395 e. The van der Waals surface area contributed by atoms with Crippen LogP contribution in [0.5, 0.6) is 0 Å². The number of esters is 1. The number of cyclic esters (lactones) is 1. The minimum Gasteiger partial charge on any atom is -0.417 e. The average Bonchev–Trinajstić information content (AvgIpc) is 2.74. The van der Waals surface area contributed by atoms with Crippen molar-refractivity contribution < 1.29 is 23.1 Å². The first-order chi connectivity index (χ1) is 13.0. The highest BCUT2D eigenvalue weighted by atomic mass is 31.2. The summed E-state index contributed by atoms with van der Waals surface area (Å²) in [5.74, 6) is -0.835. The van der Waals surface area contributed by atoms with E-state index in [1.54, 1.807) is 6.08 Å². The van der Waals surface area contributed by atoms with Gasteiger partial charge >= 0.3 is 13.6 Å². The van der Waals surface area contributed by atoms with Gasteiger partial charge in [-0.15, -0.1) is 0 Å². The van der Waals surface area contributed by atoms with Crippen LogP contribution >= 0.6 is 7.60 Å². The molecule has 0 spiro atoms. The van der Waals surface area contributed by atoms with Crippen molar-refractivity contribution >= 4 is 13.6 Å². The largest absolute Gasteiger partial charge is 0.417 e. The molecule has 0 aliphatic carbocycles. The quantitative estimate of drug-likeness (QED) is 0.516. The van der Waals surface area contributed by atoms with Crippen LogP contribution in [-0.2, 0) is 28.6 Å². The highest BCUT2D eigenvalue weighted by Crippen LogP contribution is 2.60. The molecule has 5 nitrogen and oxygen atoms in total. The summed E-state index contributed by atoms with van der Waals surface area (Å²) < 4.78 is 28.5. The Bertz CT molecular complexity index is 870. The summed E-state index contributed by atoms with van der Waals surface area (Å²) >= 11 is 0. The molecule has 0 amide bonds. The smallest absolute Gasteiger partial charge is 0.395 e. The molecule has 1 aliphatic heterocycles. The summed E-state index contributed by atoms with van der Waals surface area (Å²) in [6.07, 6.45) is 2.23. The van der Waals surface area contributed by atoms with Gasteiger partial charge in [-0.1, -0.05) is 67.6 Å². The Balaban J connectivity index is 2.26. The van der Waals surface area contributed by atoms with E-state index in [-0.39, 0.29) is 11.4 Å². The molecule has 0 aromatic heterocycles. The number of hydrogen-bond donors (Lipinski definition) is 0. The van der Waals surface area contributed by atoms with Gasteiger partial charge < -0.3 is 13.8 Å². The number of hydrogen-bond acceptors (Lipinski definition) is 5. The fourth-order valence-electron chi connectivity index (χ4n) is 3.68. The lowest BCUT2D eigenvalue weighted by molar-refractivity contribution is -0.148. The average molecular weight is 386 g/mol. The normalized spacial score (nSPS) is 22.9. The summed E-state index contributed by atoms with van der Waals surface area (Å²) in [6.45, 7) is 1.95. The molecule has 2 aromatic carbocycles. The topological polar surface area (TPSA) is 61.8 Å². The summed E-state index contributed by atoms with van der Waals surface area (Å²) in [7, 11) is -1.15. The second-order valence-electron chi connectivity index (χ2n) is 6.34. The van der Waals surface area contributed by atoms with Gasteiger partial charge in [-0.3, -0.25) is 9.36 Å². The predicted octanol–water partition coefficient (Wildman–Crippen LogP) is 5.00. The summed E-state index contributed by atoms with van der Waals surface area (Å²) in [5, 5.41) is 0. The molecule has 1 aliphatic rings. The Morgan fingerprint density at radius 3 is 2.07 bits per heavy atom. The fraction of sp³-hybridized carbons (Fsp3) is 0.286. The minimum atomic E-state index is -3.69. The van der Waals surface area contributed by atoms with Crippen LogP contribution in [0.4, 0.5) is 0 Å². The van der Waals surface area contributed by atoms with E-state index in [1.165, 1.54) is 14.2 Å². The van der Waals surface area contributed by atoms with Crippen molar-refractivity contribution in [2.75, 3.05) is 14.2 Å². The first-order valence-corrected chi connectivity index (χ1v) is 10.3. The van der Waals surface area contributed by atoms with Crippen LogP contribution in [0.25, 0.3) is 0 Å². The zero-order valence-electron chi connectivity index (χ0n) is 15.6. The molecule has 142 valence electrons. The Kier molecular flexibility index (Phi) is 5.66. The molecular weight excluding hydrogens is 363 g/mol. The third-order valence-electron chi connectivity index (χ3n) is 5.16. The number of rotatable bonds is 6. The van der Waals surface area contributed by atoms with Crippen molar-refractivity contribution in [3.05, 3.63) is 83.4 Å². The molecule has 1 heterocycles. The summed E-state index contributed by atoms with van der Waals surface area (Å²) in [6, 6.07) is 19.2. The van der Waals surface area contributed by atoms with Gasteiger partial charge in [0.2, 0.25) is 5.50 Å². The molecule has 2 aromatic rings. The number of ether oxygens (including phenoxy) is 1. The molecule has 2 atom stereocenters. The standard InChI is InChI=1S/C21H23O5P/c1-4-21(17-13-9-6-10-14-17)18(16-11-7-5-8-12-16)15-19(26-20(21)22)27(23,24-2)25-3/h5-15,18H,4H2,1-3H3/t18-,21+/m1/s1. The molecule has 6 heteroatoms. The van der Waals surface area contributed by atoms with Gasteiger partial charge in [0.05, 0.1) is 0 Å². The monoisotopic (exact) mass is 386 g/mol. The zero-order chi connectivity index (χ0) is 19.5. The minimum absolute atomic E-state index is 0.0636. The van der Waals surface area contributed by atoms with E-state index in [0.29, 0.717) is 6.42 Å². The van der Waals surface area contributed by atoms with E-state index in [1.807, 2.05) is 67.6 Å². The van der Waals surface area contributed by atoms with Gasteiger partial charge in [-0.25, -0.2) is 0 Å². The molecule has 0 bridgehead atoms. The Labute approximate surface area is 159 Å². The lowest BCUT2D eigenvalue weighted by Crippen LogP contribution is -2.44.